The number of amides is 1. The fourth-order valence-electron chi connectivity index (χ4n) is 2.32. The van der Waals surface area contributed by atoms with Gasteiger partial charge in [0.25, 0.3) is 5.91 Å². The standard InChI is InChI=1S/C18H18BrFN2O6S/c1-22(9-11-3-6-16(27-2)15(20)7-11)17(23)10-28-18(24)13-8-12(29(21,25)26)4-5-14(13)19/h3-8H,9-10H2,1-2H3,(H2,21,25,26). The zero-order valence-corrected chi connectivity index (χ0v) is 17.9. The zero-order chi connectivity index (χ0) is 21.8. The molecule has 2 aromatic rings. The van der Waals surface area contributed by atoms with Crippen LogP contribution in [0.5, 0.6) is 5.75 Å². The van der Waals surface area contributed by atoms with Crippen molar-refractivity contribution in [1.82, 2.24) is 4.90 Å². The lowest BCUT2D eigenvalue weighted by atomic mass is 10.2. The van der Waals surface area contributed by atoms with Gasteiger partial charge >= 0.3 is 5.97 Å². The van der Waals surface area contributed by atoms with Crippen molar-refractivity contribution in [3.63, 3.8) is 0 Å². The molecule has 0 spiro atoms. The van der Waals surface area contributed by atoms with Gasteiger partial charge in [-0.05, 0) is 51.8 Å². The number of carbonyl (C=O) groups excluding carboxylic acids is 2. The van der Waals surface area contributed by atoms with Gasteiger partial charge in [0.05, 0.1) is 17.6 Å². The lowest BCUT2D eigenvalue weighted by Crippen LogP contribution is -2.31. The number of halogens is 2. The van der Waals surface area contributed by atoms with Crippen LogP contribution in [0.3, 0.4) is 0 Å². The minimum Gasteiger partial charge on any atom is -0.494 e. The van der Waals surface area contributed by atoms with Gasteiger partial charge in [-0.15, -0.1) is 0 Å². The molecular formula is C18H18BrFN2O6S. The van der Waals surface area contributed by atoms with Crippen molar-refractivity contribution in [1.29, 1.82) is 0 Å². The van der Waals surface area contributed by atoms with Crippen LogP contribution in [0, 0.1) is 5.82 Å². The Morgan fingerprint density at radius 1 is 1.21 bits per heavy atom. The quantitative estimate of drug-likeness (QED) is 0.596. The van der Waals surface area contributed by atoms with E-state index in [1.165, 1.54) is 43.3 Å². The fourth-order valence-corrected chi connectivity index (χ4v) is 3.27. The van der Waals surface area contributed by atoms with E-state index in [4.69, 9.17) is 14.6 Å². The smallest absolute Gasteiger partial charge is 0.339 e. The lowest BCUT2D eigenvalue weighted by Gasteiger charge is -2.18. The summed E-state index contributed by atoms with van der Waals surface area (Å²) in [4.78, 5) is 25.4. The average molecular weight is 489 g/mol. The largest absolute Gasteiger partial charge is 0.494 e. The molecule has 0 heterocycles. The van der Waals surface area contributed by atoms with Crippen molar-refractivity contribution in [3.05, 3.63) is 57.8 Å². The molecule has 156 valence electrons. The maximum atomic E-state index is 13.7. The summed E-state index contributed by atoms with van der Waals surface area (Å²) in [6.45, 7) is -0.498. The SMILES string of the molecule is COc1ccc(CN(C)C(=O)COC(=O)c2cc(S(N)(=O)=O)ccc2Br)cc1F. The number of primary sulfonamides is 1. The molecule has 11 heteroatoms. The van der Waals surface area contributed by atoms with Gasteiger partial charge in [-0.2, -0.15) is 0 Å². The second-order valence-electron chi connectivity index (χ2n) is 5.98. The van der Waals surface area contributed by atoms with Crippen LogP contribution in [0.2, 0.25) is 0 Å². The van der Waals surface area contributed by atoms with Gasteiger partial charge < -0.3 is 14.4 Å². The number of methoxy groups -OCH3 is 1. The summed E-state index contributed by atoms with van der Waals surface area (Å²) < 4.78 is 46.7. The van der Waals surface area contributed by atoms with E-state index in [9.17, 15) is 22.4 Å². The van der Waals surface area contributed by atoms with Crippen LogP contribution in [0.15, 0.2) is 45.8 Å². The molecule has 0 radical (unpaired) electrons. The molecule has 0 saturated carbocycles. The number of rotatable bonds is 7. The maximum Gasteiger partial charge on any atom is 0.339 e. The highest BCUT2D eigenvalue weighted by Crippen LogP contribution is 2.22. The Balaban J connectivity index is 2.01. The van der Waals surface area contributed by atoms with E-state index in [1.807, 2.05) is 0 Å². The molecule has 1 amide bonds. The summed E-state index contributed by atoms with van der Waals surface area (Å²) in [5, 5.41) is 5.05. The van der Waals surface area contributed by atoms with E-state index in [2.05, 4.69) is 15.9 Å². The number of nitrogens with two attached hydrogens (primary N) is 1. The first-order chi connectivity index (χ1) is 13.5. The summed E-state index contributed by atoms with van der Waals surface area (Å²) in [6, 6.07) is 7.90. The Bertz CT molecular complexity index is 1040. The zero-order valence-electron chi connectivity index (χ0n) is 15.5. The number of hydrogen-bond donors (Lipinski definition) is 1. The number of nitrogens with zero attached hydrogens (tertiary/aromatic N) is 1. The summed E-state index contributed by atoms with van der Waals surface area (Å²) in [7, 11) is -1.19. The van der Waals surface area contributed by atoms with E-state index < -0.39 is 34.3 Å². The van der Waals surface area contributed by atoms with Crippen molar-refractivity contribution >= 4 is 37.8 Å². The number of hydrogen-bond acceptors (Lipinski definition) is 6. The first-order valence-electron chi connectivity index (χ1n) is 8.08. The van der Waals surface area contributed by atoms with Crippen LogP contribution in [-0.2, 0) is 26.1 Å². The molecule has 0 aliphatic carbocycles. The second kappa shape index (κ2) is 9.33. The molecule has 2 aromatic carbocycles. The first kappa shape index (κ1) is 22.8. The van der Waals surface area contributed by atoms with E-state index in [0.29, 0.717) is 5.56 Å². The summed E-state index contributed by atoms with van der Waals surface area (Å²) >= 11 is 3.12. The number of sulfonamides is 1. The summed E-state index contributed by atoms with van der Waals surface area (Å²) in [5.41, 5.74) is 0.429. The third-order valence-corrected chi connectivity index (χ3v) is 5.48. The number of ether oxygens (including phenoxy) is 2. The molecule has 8 nitrogen and oxygen atoms in total. The van der Waals surface area contributed by atoms with E-state index in [0.717, 1.165) is 6.07 Å². The minimum absolute atomic E-state index is 0.0852. The van der Waals surface area contributed by atoms with Crippen LogP contribution in [-0.4, -0.2) is 46.0 Å². The fraction of sp³-hybridized carbons (Fsp3) is 0.222. The van der Waals surface area contributed by atoms with Gasteiger partial charge in [0.1, 0.15) is 0 Å². The molecule has 0 atom stereocenters. The normalized spacial score (nSPS) is 11.1. The average Bonchev–Trinajstić information content (AvgIpc) is 2.65. The molecule has 2 rings (SSSR count). The van der Waals surface area contributed by atoms with Gasteiger partial charge in [0.15, 0.2) is 18.2 Å². The predicted octanol–water partition coefficient (Wildman–Crippen LogP) is 2.06. The van der Waals surface area contributed by atoms with Crippen LogP contribution in [0.25, 0.3) is 0 Å². The molecule has 0 bridgehead atoms. The van der Waals surface area contributed by atoms with E-state index in [1.54, 1.807) is 6.07 Å². The van der Waals surface area contributed by atoms with Gasteiger partial charge in [0.2, 0.25) is 10.0 Å². The van der Waals surface area contributed by atoms with Crippen molar-refractivity contribution in [2.24, 2.45) is 5.14 Å². The molecule has 29 heavy (non-hydrogen) atoms. The number of benzene rings is 2. The predicted molar refractivity (Wildman–Crippen MR) is 105 cm³/mol. The van der Waals surface area contributed by atoms with Gasteiger partial charge in [-0.1, -0.05) is 6.07 Å². The summed E-state index contributed by atoms with van der Waals surface area (Å²) in [5.74, 6) is -1.91. The van der Waals surface area contributed by atoms with E-state index in [-0.39, 0.29) is 27.2 Å². The Hall–Kier alpha value is -2.50. The van der Waals surface area contributed by atoms with Gasteiger partial charge in [-0.25, -0.2) is 22.7 Å². The highest BCUT2D eigenvalue weighted by molar-refractivity contribution is 9.10. The third-order valence-electron chi connectivity index (χ3n) is 3.87. The molecule has 0 aliphatic rings. The van der Waals surface area contributed by atoms with Crippen molar-refractivity contribution in [2.75, 3.05) is 20.8 Å². The Morgan fingerprint density at radius 2 is 1.90 bits per heavy atom. The second-order valence-corrected chi connectivity index (χ2v) is 8.40. The number of carbonyl (C=O) groups is 2. The van der Waals surface area contributed by atoms with Crippen LogP contribution in [0.1, 0.15) is 15.9 Å². The minimum atomic E-state index is -4.01. The topological polar surface area (TPSA) is 116 Å². The monoisotopic (exact) mass is 488 g/mol. The van der Waals surface area contributed by atoms with Crippen LogP contribution >= 0.6 is 15.9 Å². The molecular weight excluding hydrogens is 471 g/mol. The van der Waals surface area contributed by atoms with Crippen molar-refractivity contribution in [2.45, 2.75) is 11.4 Å². The van der Waals surface area contributed by atoms with Crippen LogP contribution in [0.4, 0.5) is 4.39 Å². The molecule has 2 N–H and O–H groups in total. The number of esters is 1. The molecule has 0 aromatic heterocycles. The highest BCUT2D eigenvalue weighted by Gasteiger charge is 2.19. The Kier molecular flexibility index (Phi) is 7.33. The van der Waals surface area contributed by atoms with Gasteiger partial charge in [-0.3, -0.25) is 4.79 Å². The van der Waals surface area contributed by atoms with Crippen LogP contribution < -0.4 is 9.88 Å². The first-order valence-corrected chi connectivity index (χ1v) is 10.4. The van der Waals surface area contributed by atoms with E-state index >= 15 is 0 Å². The summed E-state index contributed by atoms with van der Waals surface area (Å²) in [6.07, 6.45) is 0. The molecule has 0 fully saturated rings. The highest BCUT2D eigenvalue weighted by atomic mass is 79.9. The van der Waals surface area contributed by atoms with Crippen molar-refractivity contribution < 1.29 is 31.9 Å². The molecule has 0 aliphatic heterocycles. The number of likely N-dealkylation sites (N-methyl/N-ethyl adjacent to an activating group) is 1. The maximum absolute atomic E-state index is 13.7. The Morgan fingerprint density at radius 3 is 2.48 bits per heavy atom. The Labute approximate surface area is 175 Å². The third kappa shape index (κ3) is 5.99. The lowest BCUT2D eigenvalue weighted by molar-refractivity contribution is -0.133. The molecule has 0 saturated heterocycles. The molecule has 0 unspecified atom stereocenters. The van der Waals surface area contributed by atoms with Gasteiger partial charge in [0, 0.05) is 18.1 Å². The van der Waals surface area contributed by atoms with Crippen molar-refractivity contribution in [3.8, 4) is 5.75 Å².